The van der Waals surface area contributed by atoms with Crippen LogP contribution in [0.25, 0.3) is 11.1 Å². The maximum absolute atomic E-state index is 12.4. The molecule has 2 aromatic rings. The number of ether oxygens (including phenoxy) is 1. The molecule has 0 bridgehead atoms. The van der Waals surface area contributed by atoms with Crippen LogP contribution in [-0.4, -0.2) is 14.4 Å². The van der Waals surface area contributed by atoms with Crippen molar-refractivity contribution in [1.82, 2.24) is 0 Å². The van der Waals surface area contributed by atoms with E-state index in [1.807, 2.05) is 12.1 Å². The summed E-state index contributed by atoms with van der Waals surface area (Å²) in [4.78, 5) is 0. The molecular weight excluding hydrogens is 317 g/mol. The normalized spacial score (nSPS) is 15.5. The molecule has 3 rings (SSSR count). The van der Waals surface area contributed by atoms with Gasteiger partial charge in [0.05, 0.1) is 0 Å². The highest BCUT2D eigenvalue weighted by Gasteiger charge is 2.39. The van der Waals surface area contributed by atoms with E-state index >= 15 is 0 Å². The van der Waals surface area contributed by atoms with E-state index in [9.17, 15) is 13.2 Å². The molecule has 0 saturated heterocycles. The molecule has 0 amide bonds. The van der Waals surface area contributed by atoms with E-state index in [2.05, 4.69) is 17.8 Å². The van der Waals surface area contributed by atoms with Crippen LogP contribution in [0.1, 0.15) is 0 Å². The van der Waals surface area contributed by atoms with Crippen molar-refractivity contribution < 1.29 is 17.9 Å². The van der Waals surface area contributed by atoms with E-state index < -0.39 is 14.4 Å². The van der Waals surface area contributed by atoms with Crippen LogP contribution in [0.5, 0.6) is 5.75 Å². The molecule has 21 heavy (non-hydrogen) atoms. The number of benzene rings is 2. The van der Waals surface area contributed by atoms with E-state index in [0.717, 1.165) is 21.5 Å². The number of hydrogen-bond donors (Lipinski definition) is 0. The van der Waals surface area contributed by atoms with Crippen molar-refractivity contribution >= 4 is 30.0 Å². The SMILES string of the molecule is C[Si]1(C)c2cc(OC(F)(F)F)ccc2-c2c(Cl)cccc21. The van der Waals surface area contributed by atoms with Gasteiger partial charge < -0.3 is 4.74 Å². The van der Waals surface area contributed by atoms with Crippen molar-refractivity contribution in [3.8, 4) is 16.9 Å². The summed E-state index contributed by atoms with van der Waals surface area (Å²) in [6.45, 7) is 4.21. The number of alkyl halides is 3. The van der Waals surface area contributed by atoms with Crippen LogP contribution in [0, 0.1) is 0 Å². The third-order valence-electron chi connectivity index (χ3n) is 3.85. The first-order valence-electron chi connectivity index (χ1n) is 6.40. The highest BCUT2D eigenvalue weighted by molar-refractivity contribution is 7.04. The average molecular weight is 329 g/mol. The second-order valence-electron chi connectivity index (χ2n) is 5.54. The van der Waals surface area contributed by atoms with Crippen LogP contribution in [0.2, 0.25) is 18.1 Å². The van der Waals surface area contributed by atoms with Gasteiger partial charge in [-0.3, -0.25) is 0 Å². The topological polar surface area (TPSA) is 9.23 Å². The molecule has 1 aliphatic heterocycles. The number of rotatable bonds is 1. The third kappa shape index (κ3) is 2.34. The predicted octanol–water partition coefficient (Wildman–Crippen LogP) is 4.04. The van der Waals surface area contributed by atoms with Gasteiger partial charge in [-0.2, -0.15) is 0 Å². The van der Waals surface area contributed by atoms with Crippen LogP contribution >= 0.6 is 11.6 Å². The third-order valence-corrected chi connectivity index (χ3v) is 7.69. The van der Waals surface area contributed by atoms with Crippen LogP contribution in [-0.2, 0) is 0 Å². The summed E-state index contributed by atoms with van der Waals surface area (Å²) >= 11 is 6.28. The highest BCUT2D eigenvalue weighted by atomic mass is 35.5. The van der Waals surface area contributed by atoms with Crippen LogP contribution < -0.4 is 15.1 Å². The van der Waals surface area contributed by atoms with E-state index in [-0.39, 0.29) is 5.75 Å². The van der Waals surface area contributed by atoms with Crippen molar-refractivity contribution in [3.05, 3.63) is 41.4 Å². The molecule has 1 nitrogen and oxygen atoms in total. The average Bonchev–Trinajstić information content (AvgIpc) is 2.58. The first-order chi connectivity index (χ1) is 9.70. The lowest BCUT2D eigenvalue weighted by molar-refractivity contribution is -0.274. The molecule has 0 aliphatic carbocycles. The monoisotopic (exact) mass is 328 g/mol. The molecule has 0 fully saturated rings. The van der Waals surface area contributed by atoms with Gasteiger partial charge in [0.15, 0.2) is 0 Å². The van der Waals surface area contributed by atoms with Gasteiger partial charge in [0, 0.05) is 5.02 Å². The van der Waals surface area contributed by atoms with Crippen LogP contribution in [0.15, 0.2) is 36.4 Å². The first-order valence-corrected chi connectivity index (χ1v) is 9.77. The van der Waals surface area contributed by atoms with Gasteiger partial charge in [-0.1, -0.05) is 42.9 Å². The minimum absolute atomic E-state index is 0.175. The Bertz CT molecular complexity index is 725. The smallest absolute Gasteiger partial charge is 0.406 e. The molecule has 0 atom stereocenters. The number of fused-ring (bicyclic) bond motifs is 3. The van der Waals surface area contributed by atoms with Gasteiger partial charge >= 0.3 is 6.36 Å². The van der Waals surface area contributed by atoms with Gasteiger partial charge in [0.25, 0.3) is 0 Å². The van der Waals surface area contributed by atoms with Crippen molar-refractivity contribution in [3.63, 3.8) is 0 Å². The summed E-state index contributed by atoms with van der Waals surface area (Å²) in [5, 5.41) is 2.71. The Morgan fingerprint density at radius 1 is 1.05 bits per heavy atom. The predicted molar refractivity (Wildman–Crippen MR) is 80.3 cm³/mol. The van der Waals surface area contributed by atoms with Gasteiger partial charge in [-0.05, 0) is 39.7 Å². The Balaban J connectivity index is 2.17. The van der Waals surface area contributed by atoms with Crippen molar-refractivity contribution in [1.29, 1.82) is 0 Å². The van der Waals surface area contributed by atoms with E-state index in [0.29, 0.717) is 5.02 Å². The zero-order chi connectivity index (χ0) is 15.4. The van der Waals surface area contributed by atoms with E-state index in [1.54, 1.807) is 12.1 Å². The van der Waals surface area contributed by atoms with Gasteiger partial charge in [0.2, 0.25) is 0 Å². The van der Waals surface area contributed by atoms with Crippen molar-refractivity contribution in [2.75, 3.05) is 0 Å². The number of halogens is 4. The fourth-order valence-electron chi connectivity index (χ4n) is 2.92. The Morgan fingerprint density at radius 3 is 2.43 bits per heavy atom. The summed E-state index contributed by atoms with van der Waals surface area (Å²) in [5.41, 5.74) is 1.87. The lowest BCUT2D eigenvalue weighted by Gasteiger charge is -2.19. The second-order valence-corrected chi connectivity index (χ2v) is 10.3. The fraction of sp³-hybridized carbons (Fsp3) is 0.200. The maximum atomic E-state index is 12.4. The molecular formula is C15H12ClF3OSi. The van der Waals surface area contributed by atoms with Gasteiger partial charge in [-0.25, -0.2) is 0 Å². The first kappa shape index (κ1) is 14.5. The van der Waals surface area contributed by atoms with Crippen molar-refractivity contribution in [2.45, 2.75) is 19.5 Å². The summed E-state index contributed by atoms with van der Waals surface area (Å²) < 4.78 is 41.2. The Labute approximate surface area is 126 Å². The molecule has 0 aromatic heterocycles. The second kappa shape index (κ2) is 4.51. The molecule has 0 saturated carbocycles. The lowest BCUT2D eigenvalue weighted by Crippen LogP contribution is -2.49. The summed E-state index contributed by atoms with van der Waals surface area (Å²) in [7, 11) is -2.05. The van der Waals surface area contributed by atoms with Crippen LogP contribution in [0.4, 0.5) is 13.2 Å². The zero-order valence-corrected chi connectivity index (χ0v) is 13.1. The quantitative estimate of drug-likeness (QED) is 0.718. The lowest BCUT2D eigenvalue weighted by atomic mass is 10.1. The van der Waals surface area contributed by atoms with E-state index in [1.165, 1.54) is 12.1 Å². The molecule has 1 heterocycles. The maximum Gasteiger partial charge on any atom is 0.573 e. The summed E-state index contributed by atoms with van der Waals surface area (Å²) in [5.74, 6) is -0.175. The highest BCUT2D eigenvalue weighted by Crippen LogP contribution is 2.35. The minimum Gasteiger partial charge on any atom is -0.406 e. The molecule has 1 aliphatic rings. The fourth-order valence-corrected chi connectivity index (χ4v) is 6.36. The number of hydrogen-bond acceptors (Lipinski definition) is 1. The Kier molecular flexibility index (Phi) is 3.11. The van der Waals surface area contributed by atoms with E-state index in [4.69, 9.17) is 11.6 Å². The molecule has 110 valence electrons. The summed E-state index contributed by atoms with van der Waals surface area (Å²) in [6, 6.07) is 10.2. The molecule has 0 N–H and O–H groups in total. The molecule has 0 unspecified atom stereocenters. The Morgan fingerprint density at radius 2 is 1.76 bits per heavy atom. The summed E-state index contributed by atoms with van der Waals surface area (Å²) in [6.07, 6.45) is -4.68. The van der Waals surface area contributed by atoms with Crippen molar-refractivity contribution in [2.24, 2.45) is 0 Å². The molecule has 6 heteroatoms. The Hall–Kier alpha value is -1.46. The van der Waals surface area contributed by atoms with Crippen LogP contribution in [0.3, 0.4) is 0 Å². The molecule has 0 radical (unpaired) electrons. The van der Waals surface area contributed by atoms with Gasteiger partial charge in [0.1, 0.15) is 13.8 Å². The zero-order valence-electron chi connectivity index (χ0n) is 11.4. The minimum atomic E-state index is -4.68. The molecule has 2 aromatic carbocycles. The van der Waals surface area contributed by atoms with Gasteiger partial charge in [-0.15, -0.1) is 13.2 Å². The largest absolute Gasteiger partial charge is 0.573 e. The molecule has 0 spiro atoms. The standard InChI is InChI=1S/C15H12ClF3OSi/c1-21(2)12-5-3-4-11(16)14(12)10-7-6-9(8-13(10)21)20-15(17,18)19/h3-8H,1-2H3.